The number of rotatable bonds is 5. The Kier molecular flexibility index (Phi) is 5.35. The van der Waals surface area contributed by atoms with E-state index in [1.54, 1.807) is 24.3 Å². The number of nitro benzene ring substituents is 1. The summed E-state index contributed by atoms with van der Waals surface area (Å²) < 4.78 is 5.16. The fourth-order valence-corrected chi connectivity index (χ4v) is 2.42. The SMILES string of the molecule is COc1ccccc1[C@@H](C#N)NC(=O)c1cccc(Cl)c1[N+](=O)[O-]. The summed E-state index contributed by atoms with van der Waals surface area (Å²) in [7, 11) is 1.44. The van der Waals surface area contributed by atoms with Crippen molar-refractivity contribution < 1.29 is 14.5 Å². The first-order valence-corrected chi connectivity index (χ1v) is 7.13. The molecule has 8 heteroatoms. The van der Waals surface area contributed by atoms with Gasteiger partial charge in [0.1, 0.15) is 22.4 Å². The summed E-state index contributed by atoms with van der Waals surface area (Å²) >= 11 is 5.80. The summed E-state index contributed by atoms with van der Waals surface area (Å²) in [6.07, 6.45) is 0. The smallest absolute Gasteiger partial charge is 0.300 e. The van der Waals surface area contributed by atoms with Gasteiger partial charge in [0.05, 0.1) is 18.1 Å². The van der Waals surface area contributed by atoms with E-state index in [1.807, 2.05) is 6.07 Å². The van der Waals surface area contributed by atoms with Gasteiger partial charge in [-0.3, -0.25) is 14.9 Å². The van der Waals surface area contributed by atoms with Crippen LogP contribution >= 0.6 is 11.6 Å². The summed E-state index contributed by atoms with van der Waals surface area (Å²) in [6.45, 7) is 0. The van der Waals surface area contributed by atoms with Crippen LogP contribution in [0.5, 0.6) is 5.75 Å². The van der Waals surface area contributed by atoms with Gasteiger partial charge >= 0.3 is 5.69 Å². The largest absolute Gasteiger partial charge is 0.496 e. The van der Waals surface area contributed by atoms with Crippen LogP contribution in [0.4, 0.5) is 5.69 Å². The fourth-order valence-electron chi connectivity index (χ4n) is 2.18. The van der Waals surface area contributed by atoms with Crippen molar-refractivity contribution in [3.8, 4) is 11.8 Å². The zero-order valence-corrected chi connectivity index (χ0v) is 13.3. The molecule has 1 N–H and O–H groups in total. The molecular weight excluding hydrogens is 334 g/mol. The molecule has 0 radical (unpaired) electrons. The number of nitrogens with zero attached hydrogens (tertiary/aromatic N) is 2. The minimum absolute atomic E-state index is 0.154. The molecule has 2 aromatic carbocycles. The summed E-state index contributed by atoms with van der Waals surface area (Å²) in [5.41, 5.74) is -0.281. The Labute approximate surface area is 142 Å². The lowest BCUT2D eigenvalue weighted by molar-refractivity contribution is -0.385. The van der Waals surface area contributed by atoms with Crippen LogP contribution in [0.1, 0.15) is 22.0 Å². The average Bonchev–Trinajstić information content (AvgIpc) is 2.58. The molecule has 0 spiro atoms. The number of nitriles is 1. The van der Waals surface area contributed by atoms with Crippen molar-refractivity contribution in [2.24, 2.45) is 0 Å². The van der Waals surface area contributed by atoms with Gasteiger partial charge in [0.25, 0.3) is 5.91 Å². The molecule has 0 saturated heterocycles. The number of para-hydroxylation sites is 2. The van der Waals surface area contributed by atoms with Crippen LogP contribution < -0.4 is 10.1 Å². The number of carbonyl (C=O) groups excluding carboxylic acids is 1. The van der Waals surface area contributed by atoms with Gasteiger partial charge in [-0.2, -0.15) is 5.26 Å². The molecule has 0 aliphatic rings. The molecule has 2 aromatic rings. The highest BCUT2D eigenvalue weighted by molar-refractivity contribution is 6.33. The number of amides is 1. The number of carbonyl (C=O) groups is 1. The lowest BCUT2D eigenvalue weighted by atomic mass is 10.1. The van der Waals surface area contributed by atoms with Crippen LogP contribution in [0.3, 0.4) is 0 Å². The number of halogens is 1. The zero-order chi connectivity index (χ0) is 17.7. The zero-order valence-electron chi connectivity index (χ0n) is 12.5. The molecule has 0 unspecified atom stereocenters. The van der Waals surface area contributed by atoms with Crippen molar-refractivity contribution in [3.05, 3.63) is 68.7 Å². The Hall–Kier alpha value is -3.11. The first-order chi connectivity index (χ1) is 11.5. The first kappa shape index (κ1) is 17.2. The normalized spacial score (nSPS) is 11.2. The summed E-state index contributed by atoms with van der Waals surface area (Å²) in [5, 5.41) is 22.8. The van der Waals surface area contributed by atoms with Crippen LogP contribution in [0.15, 0.2) is 42.5 Å². The lowest BCUT2D eigenvalue weighted by Crippen LogP contribution is -2.28. The van der Waals surface area contributed by atoms with Gasteiger partial charge in [-0.1, -0.05) is 35.9 Å². The number of hydrogen-bond donors (Lipinski definition) is 1. The molecule has 0 aliphatic heterocycles. The van der Waals surface area contributed by atoms with Gasteiger partial charge < -0.3 is 10.1 Å². The predicted octanol–water partition coefficient (Wildman–Crippen LogP) is 3.25. The highest BCUT2D eigenvalue weighted by atomic mass is 35.5. The molecule has 7 nitrogen and oxygen atoms in total. The predicted molar refractivity (Wildman–Crippen MR) is 86.9 cm³/mol. The van der Waals surface area contributed by atoms with Crippen molar-refractivity contribution in [1.29, 1.82) is 5.26 Å². The van der Waals surface area contributed by atoms with Crippen LogP contribution in [0.25, 0.3) is 0 Å². The molecule has 2 rings (SSSR count). The van der Waals surface area contributed by atoms with Gasteiger partial charge in [-0.15, -0.1) is 0 Å². The van der Waals surface area contributed by atoms with Gasteiger partial charge in [-0.05, 0) is 18.2 Å². The quantitative estimate of drug-likeness (QED) is 0.661. The van der Waals surface area contributed by atoms with Gasteiger partial charge in [0.15, 0.2) is 0 Å². The van der Waals surface area contributed by atoms with Crippen molar-refractivity contribution in [3.63, 3.8) is 0 Å². The van der Waals surface area contributed by atoms with Gasteiger partial charge in [0.2, 0.25) is 0 Å². The molecule has 0 saturated carbocycles. The Balaban J connectivity index is 2.37. The number of hydrogen-bond acceptors (Lipinski definition) is 5. The highest BCUT2D eigenvalue weighted by Gasteiger charge is 2.26. The van der Waals surface area contributed by atoms with Crippen LogP contribution in [0, 0.1) is 21.4 Å². The van der Waals surface area contributed by atoms with Crippen molar-refractivity contribution in [2.45, 2.75) is 6.04 Å². The first-order valence-electron chi connectivity index (χ1n) is 6.76. The Morgan fingerprint density at radius 2 is 2.04 bits per heavy atom. The number of ether oxygens (including phenoxy) is 1. The Morgan fingerprint density at radius 3 is 2.67 bits per heavy atom. The number of nitro groups is 1. The van der Waals surface area contributed by atoms with E-state index in [1.165, 1.54) is 25.3 Å². The van der Waals surface area contributed by atoms with E-state index in [0.717, 1.165) is 0 Å². The highest BCUT2D eigenvalue weighted by Crippen LogP contribution is 2.29. The second-order valence-corrected chi connectivity index (χ2v) is 5.08. The minimum atomic E-state index is -1.03. The van der Waals surface area contributed by atoms with E-state index in [9.17, 15) is 20.2 Å². The average molecular weight is 346 g/mol. The maximum atomic E-state index is 12.4. The van der Waals surface area contributed by atoms with E-state index in [-0.39, 0.29) is 10.6 Å². The van der Waals surface area contributed by atoms with Crippen molar-refractivity contribution in [2.75, 3.05) is 7.11 Å². The second-order valence-electron chi connectivity index (χ2n) is 4.67. The standard InChI is InChI=1S/C16H12ClN3O4/c1-24-14-8-3-2-5-10(14)13(9-18)19-16(21)11-6-4-7-12(17)15(11)20(22)23/h2-8,13H,1H3,(H,19,21)/t13-/m1/s1. The monoisotopic (exact) mass is 345 g/mol. The topological polar surface area (TPSA) is 105 Å². The summed E-state index contributed by atoms with van der Waals surface area (Å²) in [6, 6.07) is 11.6. The molecule has 0 aromatic heterocycles. The molecule has 0 bridgehead atoms. The molecule has 0 heterocycles. The van der Waals surface area contributed by atoms with E-state index in [4.69, 9.17) is 16.3 Å². The third-order valence-corrected chi connectivity index (χ3v) is 3.57. The van der Waals surface area contributed by atoms with Crippen LogP contribution in [-0.2, 0) is 0 Å². The third-order valence-electron chi connectivity index (χ3n) is 3.27. The van der Waals surface area contributed by atoms with Crippen molar-refractivity contribution >= 4 is 23.2 Å². The molecule has 24 heavy (non-hydrogen) atoms. The second kappa shape index (κ2) is 7.44. The molecule has 1 atom stereocenters. The van der Waals surface area contributed by atoms with E-state index in [0.29, 0.717) is 11.3 Å². The number of methoxy groups -OCH3 is 1. The Morgan fingerprint density at radius 1 is 1.33 bits per heavy atom. The number of benzene rings is 2. The van der Waals surface area contributed by atoms with Crippen LogP contribution in [-0.4, -0.2) is 17.9 Å². The lowest BCUT2D eigenvalue weighted by Gasteiger charge is -2.15. The van der Waals surface area contributed by atoms with E-state index < -0.39 is 22.6 Å². The third kappa shape index (κ3) is 3.45. The fraction of sp³-hybridized carbons (Fsp3) is 0.125. The van der Waals surface area contributed by atoms with E-state index in [2.05, 4.69) is 5.32 Å². The summed E-state index contributed by atoms with van der Waals surface area (Å²) in [5.74, 6) is -0.355. The Bertz CT molecular complexity index is 832. The molecule has 122 valence electrons. The minimum Gasteiger partial charge on any atom is -0.496 e. The molecule has 1 amide bonds. The molecular formula is C16H12ClN3O4. The van der Waals surface area contributed by atoms with Crippen LogP contribution in [0.2, 0.25) is 5.02 Å². The molecule has 0 aliphatic carbocycles. The van der Waals surface area contributed by atoms with Crippen molar-refractivity contribution in [1.82, 2.24) is 5.32 Å². The van der Waals surface area contributed by atoms with E-state index >= 15 is 0 Å². The maximum Gasteiger partial charge on any atom is 0.300 e. The van der Waals surface area contributed by atoms with Gasteiger partial charge in [-0.25, -0.2) is 0 Å². The maximum absolute atomic E-state index is 12.4. The van der Waals surface area contributed by atoms with Gasteiger partial charge in [0, 0.05) is 5.56 Å². The molecule has 0 fully saturated rings. The number of nitrogens with one attached hydrogen (secondary N) is 1. The summed E-state index contributed by atoms with van der Waals surface area (Å²) in [4.78, 5) is 22.8.